The summed E-state index contributed by atoms with van der Waals surface area (Å²) in [6.45, 7) is 14.2. The molecule has 0 aromatic rings. The lowest BCUT2D eigenvalue weighted by Crippen LogP contribution is -2.43. The number of rotatable bonds is 10. The standard InChI is InChI=1S/C13H31N3O2S/c1-11(2)14-8-10-19(17,18)15-7-9-16(12(3)4)13(5)6/h11-15H,7-10H2,1-6H3. The summed E-state index contributed by atoms with van der Waals surface area (Å²) < 4.78 is 26.2. The summed E-state index contributed by atoms with van der Waals surface area (Å²) in [5.41, 5.74) is 0. The van der Waals surface area contributed by atoms with Crippen molar-refractivity contribution in [3.63, 3.8) is 0 Å². The molecule has 0 saturated carbocycles. The SMILES string of the molecule is CC(C)NCCS(=O)(=O)NCCN(C(C)C)C(C)C. The van der Waals surface area contributed by atoms with Crippen LogP contribution in [0.2, 0.25) is 0 Å². The van der Waals surface area contributed by atoms with Gasteiger partial charge in [-0.1, -0.05) is 13.8 Å². The molecule has 0 bridgehead atoms. The number of hydrogen-bond donors (Lipinski definition) is 2. The fourth-order valence-electron chi connectivity index (χ4n) is 2.00. The Kier molecular flexibility index (Phi) is 8.81. The maximum Gasteiger partial charge on any atom is 0.212 e. The third-order valence-corrected chi connectivity index (χ3v) is 4.33. The minimum Gasteiger partial charge on any atom is -0.313 e. The van der Waals surface area contributed by atoms with Crippen molar-refractivity contribution in [3.8, 4) is 0 Å². The van der Waals surface area contributed by atoms with Gasteiger partial charge in [-0.2, -0.15) is 0 Å². The van der Waals surface area contributed by atoms with Crippen LogP contribution in [0, 0.1) is 0 Å². The maximum absolute atomic E-state index is 11.8. The summed E-state index contributed by atoms with van der Waals surface area (Å²) in [6, 6.07) is 1.16. The van der Waals surface area contributed by atoms with E-state index in [0.29, 0.717) is 31.2 Å². The molecule has 0 rings (SSSR count). The first-order valence-electron chi connectivity index (χ1n) is 7.12. The molecule has 0 spiro atoms. The Morgan fingerprint density at radius 1 is 0.947 bits per heavy atom. The molecule has 0 saturated heterocycles. The summed E-state index contributed by atoms with van der Waals surface area (Å²) in [4.78, 5) is 2.27. The molecule has 0 fully saturated rings. The number of sulfonamides is 1. The smallest absolute Gasteiger partial charge is 0.212 e. The minimum absolute atomic E-state index is 0.133. The molecule has 0 aliphatic heterocycles. The second kappa shape index (κ2) is 8.89. The van der Waals surface area contributed by atoms with Crippen molar-refractivity contribution < 1.29 is 8.42 Å². The van der Waals surface area contributed by atoms with Crippen LogP contribution < -0.4 is 10.0 Å². The van der Waals surface area contributed by atoms with Crippen molar-refractivity contribution in [3.05, 3.63) is 0 Å². The van der Waals surface area contributed by atoms with E-state index in [9.17, 15) is 8.42 Å². The second-order valence-corrected chi connectivity index (χ2v) is 7.67. The van der Waals surface area contributed by atoms with Crippen LogP contribution in [0.25, 0.3) is 0 Å². The van der Waals surface area contributed by atoms with E-state index in [1.165, 1.54) is 0 Å². The van der Waals surface area contributed by atoms with Crippen LogP contribution >= 0.6 is 0 Å². The van der Waals surface area contributed by atoms with E-state index in [0.717, 1.165) is 6.54 Å². The number of nitrogens with one attached hydrogen (secondary N) is 2. The Bertz CT molecular complexity index is 319. The number of hydrogen-bond acceptors (Lipinski definition) is 4. The Balaban J connectivity index is 4.03. The summed E-state index contributed by atoms with van der Waals surface area (Å²) in [5, 5.41) is 3.11. The van der Waals surface area contributed by atoms with Crippen LogP contribution in [-0.4, -0.2) is 56.8 Å². The van der Waals surface area contributed by atoms with Crippen LogP contribution in [0.5, 0.6) is 0 Å². The normalized spacial score (nSPS) is 13.2. The van der Waals surface area contributed by atoms with Crippen LogP contribution in [0.15, 0.2) is 0 Å². The molecule has 0 aliphatic carbocycles. The van der Waals surface area contributed by atoms with E-state index in [-0.39, 0.29) is 5.75 Å². The fraction of sp³-hybridized carbons (Fsp3) is 1.00. The zero-order valence-electron chi connectivity index (χ0n) is 13.2. The van der Waals surface area contributed by atoms with Gasteiger partial charge in [0.1, 0.15) is 0 Å². The first-order chi connectivity index (χ1) is 8.65. The van der Waals surface area contributed by atoms with Gasteiger partial charge in [-0.3, -0.25) is 4.90 Å². The highest BCUT2D eigenvalue weighted by Crippen LogP contribution is 2.03. The summed E-state index contributed by atoms with van der Waals surface area (Å²) >= 11 is 0. The van der Waals surface area contributed by atoms with Gasteiger partial charge in [0.25, 0.3) is 0 Å². The molecule has 19 heavy (non-hydrogen) atoms. The topological polar surface area (TPSA) is 61.4 Å². The molecule has 0 unspecified atom stereocenters. The van der Waals surface area contributed by atoms with Gasteiger partial charge in [0, 0.05) is 37.8 Å². The van der Waals surface area contributed by atoms with Gasteiger partial charge in [-0.15, -0.1) is 0 Å². The molecule has 0 aromatic carbocycles. The van der Waals surface area contributed by atoms with Crippen LogP contribution in [-0.2, 0) is 10.0 Å². The summed E-state index contributed by atoms with van der Waals surface area (Å²) in [6.07, 6.45) is 0. The Morgan fingerprint density at radius 3 is 1.89 bits per heavy atom. The Hall–Kier alpha value is -0.170. The van der Waals surface area contributed by atoms with Crippen LogP contribution in [0.1, 0.15) is 41.5 Å². The van der Waals surface area contributed by atoms with Gasteiger partial charge in [-0.05, 0) is 27.7 Å². The monoisotopic (exact) mass is 293 g/mol. The highest BCUT2D eigenvalue weighted by Gasteiger charge is 2.15. The van der Waals surface area contributed by atoms with E-state index in [4.69, 9.17) is 0 Å². The lowest BCUT2D eigenvalue weighted by molar-refractivity contribution is 0.179. The third-order valence-electron chi connectivity index (χ3n) is 2.94. The van der Waals surface area contributed by atoms with E-state index in [1.54, 1.807) is 0 Å². The summed E-state index contributed by atoms with van der Waals surface area (Å²) in [7, 11) is -3.16. The van der Waals surface area contributed by atoms with Gasteiger partial charge in [0.15, 0.2) is 0 Å². The molecule has 116 valence electrons. The minimum atomic E-state index is -3.16. The summed E-state index contributed by atoms with van der Waals surface area (Å²) in [5.74, 6) is 0.133. The molecule has 5 nitrogen and oxygen atoms in total. The van der Waals surface area contributed by atoms with Gasteiger partial charge in [-0.25, -0.2) is 13.1 Å². The molecule has 6 heteroatoms. The van der Waals surface area contributed by atoms with Gasteiger partial charge in [0.05, 0.1) is 5.75 Å². The first-order valence-corrected chi connectivity index (χ1v) is 8.77. The van der Waals surface area contributed by atoms with Gasteiger partial charge < -0.3 is 5.32 Å². The molecule has 0 radical (unpaired) electrons. The molecule has 0 aromatic heterocycles. The van der Waals surface area contributed by atoms with E-state index >= 15 is 0 Å². The predicted octanol–water partition coefficient (Wildman–Crippen LogP) is 1.02. The van der Waals surface area contributed by atoms with Crippen molar-refractivity contribution in [2.24, 2.45) is 0 Å². The molecule has 0 atom stereocenters. The molecule has 2 N–H and O–H groups in total. The molecule has 0 aliphatic rings. The van der Waals surface area contributed by atoms with Crippen molar-refractivity contribution in [2.45, 2.75) is 59.7 Å². The molecular weight excluding hydrogens is 262 g/mol. The average Bonchev–Trinajstić information content (AvgIpc) is 2.22. The molecule has 0 amide bonds. The zero-order valence-corrected chi connectivity index (χ0v) is 14.0. The van der Waals surface area contributed by atoms with Gasteiger partial charge in [0.2, 0.25) is 10.0 Å². The van der Waals surface area contributed by atoms with Gasteiger partial charge >= 0.3 is 0 Å². The highest BCUT2D eigenvalue weighted by atomic mass is 32.2. The van der Waals surface area contributed by atoms with E-state index in [1.807, 2.05) is 13.8 Å². The van der Waals surface area contributed by atoms with Crippen molar-refractivity contribution in [1.82, 2.24) is 14.9 Å². The largest absolute Gasteiger partial charge is 0.313 e. The lowest BCUT2D eigenvalue weighted by Gasteiger charge is -2.30. The quantitative estimate of drug-likeness (QED) is 0.631. The average molecular weight is 293 g/mol. The predicted molar refractivity (Wildman–Crippen MR) is 81.9 cm³/mol. The third kappa shape index (κ3) is 9.38. The number of nitrogens with zero attached hydrogens (tertiary/aromatic N) is 1. The zero-order chi connectivity index (χ0) is 15.1. The van der Waals surface area contributed by atoms with Crippen molar-refractivity contribution in [2.75, 3.05) is 25.4 Å². The maximum atomic E-state index is 11.8. The first kappa shape index (κ1) is 18.8. The van der Waals surface area contributed by atoms with Crippen molar-refractivity contribution in [1.29, 1.82) is 0 Å². The Labute approximate surface area is 119 Å². The van der Waals surface area contributed by atoms with E-state index in [2.05, 4.69) is 42.6 Å². The van der Waals surface area contributed by atoms with Crippen molar-refractivity contribution >= 4 is 10.0 Å². The van der Waals surface area contributed by atoms with E-state index < -0.39 is 10.0 Å². The van der Waals surface area contributed by atoms with Crippen LogP contribution in [0.4, 0.5) is 0 Å². The highest BCUT2D eigenvalue weighted by molar-refractivity contribution is 7.89. The lowest BCUT2D eigenvalue weighted by atomic mass is 10.2. The molecular formula is C13H31N3O2S. The second-order valence-electron chi connectivity index (χ2n) is 5.75. The fourth-order valence-corrected chi connectivity index (χ4v) is 2.93. The molecule has 0 heterocycles. The Morgan fingerprint density at radius 2 is 1.47 bits per heavy atom. The van der Waals surface area contributed by atoms with Crippen LogP contribution in [0.3, 0.4) is 0 Å².